The van der Waals surface area contributed by atoms with E-state index in [-0.39, 0.29) is 16.7 Å². The zero-order valence-electron chi connectivity index (χ0n) is 19.8. The molecule has 2 aromatic carbocycles. The van der Waals surface area contributed by atoms with Gasteiger partial charge in [0.15, 0.2) is 0 Å². The van der Waals surface area contributed by atoms with Gasteiger partial charge in [0, 0.05) is 17.5 Å². The lowest BCUT2D eigenvalue weighted by molar-refractivity contribution is -0.124. The van der Waals surface area contributed by atoms with Crippen molar-refractivity contribution in [2.45, 2.75) is 52.4 Å². The molecule has 33 heavy (non-hydrogen) atoms. The van der Waals surface area contributed by atoms with Crippen LogP contribution in [-0.2, 0) is 4.79 Å². The van der Waals surface area contributed by atoms with Crippen LogP contribution in [-0.4, -0.2) is 5.91 Å². The van der Waals surface area contributed by atoms with Crippen molar-refractivity contribution < 1.29 is 4.79 Å². The van der Waals surface area contributed by atoms with Crippen LogP contribution >= 0.6 is 7.92 Å². The third-order valence-electron chi connectivity index (χ3n) is 9.42. The van der Waals surface area contributed by atoms with Crippen LogP contribution < -0.4 is 15.9 Å². The van der Waals surface area contributed by atoms with Crippen molar-refractivity contribution in [1.82, 2.24) is 5.32 Å². The van der Waals surface area contributed by atoms with Gasteiger partial charge in [0.25, 0.3) is 0 Å². The van der Waals surface area contributed by atoms with Gasteiger partial charge in [0.1, 0.15) is 0 Å². The van der Waals surface area contributed by atoms with Gasteiger partial charge in [-0.15, -0.1) is 0 Å². The zero-order valence-corrected chi connectivity index (χ0v) is 20.7. The van der Waals surface area contributed by atoms with Crippen LogP contribution in [0.15, 0.2) is 83.8 Å². The van der Waals surface area contributed by atoms with Gasteiger partial charge in [0.2, 0.25) is 5.91 Å². The molecular weight excluding hydrogens is 421 g/mol. The Hall–Kier alpha value is -2.18. The first-order valence-corrected chi connectivity index (χ1v) is 14.0. The summed E-state index contributed by atoms with van der Waals surface area (Å²) in [5, 5.41) is 7.89. The second-order valence-corrected chi connectivity index (χ2v) is 13.2. The summed E-state index contributed by atoms with van der Waals surface area (Å²) in [5.74, 6) is 2.31. The lowest BCUT2D eigenvalue weighted by Gasteiger charge is -2.57. The van der Waals surface area contributed by atoms with E-state index >= 15 is 0 Å². The number of rotatable bonds is 3. The summed E-state index contributed by atoms with van der Waals surface area (Å²) in [5.41, 5.74) is 1.63. The monoisotopic (exact) mass is 455 g/mol. The van der Waals surface area contributed by atoms with Crippen molar-refractivity contribution in [3.8, 4) is 0 Å². The molecule has 0 spiro atoms. The minimum Gasteiger partial charge on any atom is -0.330 e. The number of carbonyl (C=O) groups is 1. The van der Waals surface area contributed by atoms with Gasteiger partial charge in [-0.25, -0.2) is 0 Å². The first kappa shape index (κ1) is 21.4. The van der Waals surface area contributed by atoms with E-state index in [0.29, 0.717) is 24.2 Å². The third-order valence-corrected chi connectivity index (χ3v) is 12.2. The molecule has 2 aromatic rings. The van der Waals surface area contributed by atoms with Crippen LogP contribution in [0.2, 0.25) is 0 Å². The van der Waals surface area contributed by atoms with Crippen LogP contribution in [0.4, 0.5) is 0 Å². The number of carbonyl (C=O) groups excluding carboxylic acids is 1. The molecule has 3 heteroatoms. The summed E-state index contributed by atoms with van der Waals surface area (Å²) < 4.78 is 0. The summed E-state index contributed by atoms with van der Waals surface area (Å²) in [4.78, 5) is 12.1. The molecule has 2 nitrogen and oxygen atoms in total. The molecule has 0 unspecified atom stereocenters. The van der Waals surface area contributed by atoms with E-state index in [1.54, 1.807) is 5.31 Å². The van der Waals surface area contributed by atoms with E-state index < -0.39 is 7.92 Å². The van der Waals surface area contributed by atoms with Crippen molar-refractivity contribution in [3.63, 3.8) is 0 Å². The van der Waals surface area contributed by atoms with Crippen molar-refractivity contribution in [2.24, 2.45) is 28.6 Å². The summed E-state index contributed by atoms with van der Waals surface area (Å²) in [6, 6.07) is 22.4. The molecule has 0 radical (unpaired) electrons. The lowest BCUT2D eigenvalue weighted by atomic mass is 9.50. The normalized spacial score (nSPS) is 35.1. The van der Waals surface area contributed by atoms with Gasteiger partial charge in [-0.05, 0) is 79.1 Å². The Labute approximate surface area is 199 Å². The van der Waals surface area contributed by atoms with E-state index in [9.17, 15) is 4.79 Å². The molecule has 0 bridgehead atoms. The second kappa shape index (κ2) is 7.95. The van der Waals surface area contributed by atoms with E-state index in [2.05, 4.69) is 92.0 Å². The molecule has 6 rings (SSSR count). The second-order valence-electron chi connectivity index (χ2n) is 11.0. The van der Waals surface area contributed by atoms with Gasteiger partial charge < -0.3 is 5.32 Å². The minimum atomic E-state index is -0.514. The number of amides is 1. The van der Waals surface area contributed by atoms with Crippen LogP contribution in [0, 0.1) is 28.6 Å². The maximum Gasteiger partial charge on any atom is 0.224 e. The maximum absolute atomic E-state index is 12.1. The summed E-state index contributed by atoms with van der Waals surface area (Å²) in [6.07, 6.45) is 11.6. The molecule has 1 N–H and O–H groups in total. The van der Waals surface area contributed by atoms with Crippen LogP contribution in [0.3, 0.4) is 0 Å². The lowest BCUT2D eigenvalue weighted by Crippen LogP contribution is -2.53. The fraction of sp³-hybridized carbons (Fsp3) is 0.433. The first-order valence-electron chi connectivity index (χ1n) is 12.6. The van der Waals surface area contributed by atoms with Gasteiger partial charge in [-0.2, -0.15) is 0 Å². The average molecular weight is 456 g/mol. The van der Waals surface area contributed by atoms with Gasteiger partial charge in [-0.3, -0.25) is 4.79 Å². The van der Waals surface area contributed by atoms with Crippen LogP contribution in [0.25, 0.3) is 0 Å². The zero-order chi connectivity index (χ0) is 22.6. The number of allylic oxidation sites excluding steroid dienone is 4. The molecule has 5 atom stereocenters. The predicted molar refractivity (Wildman–Crippen MR) is 138 cm³/mol. The van der Waals surface area contributed by atoms with Crippen molar-refractivity contribution in [3.05, 3.63) is 83.8 Å². The smallest absolute Gasteiger partial charge is 0.224 e. The van der Waals surface area contributed by atoms with Crippen LogP contribution in [0.5, 0.6) is 0 Å². The molecule has 0 aromatic heterocycles. The molecule has 1 heterocycles. The Morgan fingerprint density at radius 3 is 2.15 bits per heavy atom. The minimum absolute atomic E-state index is 0.143. The highest BCUT2D eigenvalue weighted by molar-refractivity contribution is 7.76. The molecule has 3 aliphatic carbocycles. The Bertz CT molecular complexity index is 1080. The third kappa shape index (κ3) is 3.28. The highest BCUT2D eigenvalue weighted by atomic mass is 31.1. The van der Waals surface area contributed by atoms with Gasteiger partial charge in [0.05, 0.1) is 0 Å². The molecule has 1 amide bonds. The molecule has 1 saturated carbocycles. The van der Waals surface area contributed by atoms with Gasteiger partial charge in [-0.1, -0.05) is 86.7 Å². The quantitative estimate of drug-likeness (QED) is 0.544. The first-order chi connectivity index (χ1) is 16.0. The van der Waals surface area contributed by atoms with E-state index in [1.807, 2.05) is 0 Å². The topological polar surface area (TPSA) is 29.1 Å². The molecule has 1 aliphatic heterocycles. The fourth-order valence-corrected chi connectivity index (χ4v) is 10.5. The number of hydrogen-bond acceptors (Lipinski definition) is 1. The summed E-state index contributed by atoms with van der Waals surface area (Å²) in [7, 11) is -0.514. The molecule has 4 aliphatic rings. The Morgan fingerprint density at radius 1 is 0.818 bits per heavy atom. The Kier molecular flexibility index (Phi) is 5.15. The highest BCUT2D eigenvalue weighted by Crippen LogP contribution is 2.68. The molecular formula is C30H34NOP. The Balaban J connectivity index is 1.37. The number of nitrogens with one attached hydrogen (secondary N) is 1. The summed E-state index contributed by atoms with van der Waals surface area (Å²) >= 11 is 0. The molecule has 170 valence electrons. The van der Waals surface area contributed by atoms with E-state index in [0.717, 1.165) is 12.8 Å². The highest BCUT2D eigenvalue weighted by Gasteiger charge is 2.57. The fourth-order valence-electron chi connectivity index (χ4n) is 7.67. The average Bonchev–Trinajstić information content (AvgIpc) is 3.18. The van der Waals surface area contributed by atoms with E-state index in [1.165, 1.54) is 35.6 Å². The number of fused-ring (bicyclic) bond motifs is 5. The predicted octanol–water partition coefficient (Wildman–Crippen LogP) is 6.26. The largest absolute Gasteiger partial charge is 0.330 e. The van der Waals surface area contributed by atoms with Crippen LogP contribution in [0.1, 0.15) is 52.4 Å². The van der Waals surface area contributed by atoms with Gasteiger partial charge >= 0.3 is 0 Å². The SMILES string of the molecule is C[C@]12CCC(=O)NC1=CC[C@@H]1[C@@H]2CC[C@]2(C)C(P(c3ccccc3)c3ccccc3)=CC[C@@H]12. The summed E-state index contributed by atoms with van der Waals surface area (Å²) in [6.45, 7) is 5.01. The van der Waals surface area contributed by atoms with Crippen molar-refractivity contribution >= 4 is 24.4 Å². The standard InChI is InChI=1S/C30H34NOP/c1-29-20-18-28(32)31-26(29)15-13-23-24-14-16-27(30(24,2)19-17-25(23)29)33(21-9-5-3-6-10-21)22-11-7-4-8-12-22/h3-12,15-16,23-25H,13-14,17-20H2,1-2H3,(H,31,32)/t23-,24-,25-,29+,30-/m0/s1. The number of benzene rings is 2. The Morgan fingerprint density at radius 2 is 1.48 bits per heavy atom. The van der Waals surface area contributed by atoms with E-state index in [4.69, 9.17) is 0 Å². The van der Waals surface area contributed by atoms with Crippen molar-refractivity contribution in [1.29, 1.82) is 0 Å². The molecule has 2 fully saturated rings. The molecule has 1 saturated heterocycles. The van der Waals surface area contributed by atoms with Crippen molar-refractivity contribution in [2.75, 3.05) is 0 Å². The maximum atomic E-state index is 12.1. The number of piperidine rings is 1. The number of hydrogen-bond donors (Lipinski definition) is 1.